The maximum Gasteiger partial charge on any atom is 0.352 e. The second kappa shape index (κ2) is 8.15. The van der Waals surface area contributed by atoms with E-state index in [4.69, 9.17) is 9.57 Å². The molecule has 0 aromatic carbocycles. The maximum atomic E-state index is 14.5. The number of hydrogen-bond donors (Lipinski definition) is 3. The summed E-state index contributed by atoms with van der Waals surface area (Å²) in [6.45, 7) is 1.74. The highest BCUT2D eigenvalue weighted by Crippen LogP contribution is 2.73. The molecule has 2 amide bonds. The summed E-state index contributed by atoms with van der Waals surface area (Å²) in [6, 6.07) is 0. The molecule has 3 aliphatic carbocycles. The fourth-order valence-corrected chi connectivity index (χ4v) is 6.05. The van der Waals surface area contributed by atoms with Gasteiger partial charge >= 0.3 is 5.92 Å². The summed E-state index contributed by atoms with van der Waals surface area (Å²) in [4.78, 5) is 30.4. The van der Waals surface area contributed by atoms with E-state index in [1.54, 1.807) is 0 Å². The molecule has 3 N–H and O–H groups in total. The number of oxime groups is 1. The van der Waals surface area contributed by atoms with E-state index in [-0.39, 0.29) is 36.6 Å². The van der Waals surface area contributed by atoms with Crippen LogP contribution in [0.1, 0.15) is 64.2 Å². The summed E-state index contributed by atoms with van der Waals surface area (Å²) in [5, 5.41) is 19.5. The van der Waals surface area contributed by atoms with Gasteiger partial charge in [0.25, 0.3) is 11.8 Å². The zero-order chi connectivity index (χ0) is 23.3. The predicted molar refractivity (Wildman–Crippen MR) is 114 cm³/mol. The predicted octanol–water partition coefficient (Wildman–Crippen LogP) is 1.90. The number of hydrogen-bond acceptors (Lipinski definition) is 6. The van der Waals surface area contributed by atoms with Gasteiger partial charge in [0.1, 0.15) is 5.60 Å². The van der Waals surface area contributed by atoms with Crippen LogP contribution < -0.4 is 10.6 Å². The first-order valence-corrected chi connectivity index (χ1v) is 12.2. The van der Waals surface area contributed by atoms with Gasteiger partial charge < -0.3 is 25.3 Å². The Morgan fingerprint density at radius 1 is 1.09 bits per heavy atom. The van der Waals surface area contributed by atoms with Gasteiger partial charge in [-0.25, -0.2) is 0 Å². The monoisotopic (exact) mass is 469 g/mol. The van der Waals surface area contributed by atoms with Crippen LogP contribution in [0.4, 0.5) is 8.78 Å². The van der Waals surface area contributed by atoms with E-state index in [1.807, 2.05) is 0 Å². The standard InChI is InChI=1S/C23H33F2N3O5/c24-23(25,22(31)7-2-8-22)19(30)27-14-21(12-20(21)5-1-6-20)13-26-18(29)17-11-16(28-33-17)15-3-9-32-10-4-15/h15,17,31H,1-14H2,(H,26,29)(H,27,30). The van der Waals surface area contributed by atoms with Crippen molar-refractivity contribution in [3.8, 4) is 0 Å². The van der Waals surface area contributed by atoms with Crippen LogP contribution in [-0.4, -0.2) is 66.6 Å². The molecule has 3 saturated carbocycles. The molecule has 5 aliphatic rings. The van der Waals surface area contributed by atoms with Crippen molar-refractivity contribution in [1.82, 2.24) is 10.6 Å². The van der Waals surface area contributed by atoms with Crippen molar-refractivity contribution >= 4 is 17.5 Å². The molecular weight excluding hydrogens is 436 g/mol. The summed E-state index contributed by atoms with van der Waals surface area (Å²) >= 11 is 0. The lowest BCUT2D eigenvalue weighted by atomic mass is 9.74. The van der Waals surface area contributed by atoms with Crippen LogP contribution in [0.3, 0.4) is 0 Å². The third-order valence-corrected chi connectivity index (χ3v) is 8.90. The average molecular weight is 470 g/mol. The maximum absolute atomic E-state index is 14.5. The number of alkyl halides is 2. The molecule has 8 nitrogen and oxygen atoms in total. The van der Waals surface area contributed by atoms with Gasteiger partial charge in [-0.1, -0.05) is 11.6 Å². The first-order valence-electron chi connectivity index (χ1n) is 12.2. The van der Waals surface area contributed by atoms with Crippen LogP contribution in [0.2, 0.25) is 0 Å². The lowest BCUT2D eigenvalue weighted by Crippen LogP contribution is -2.61. The van der Waals surface area contributed by atoms with Gasteiger partial charge in [0.05, 0.1) is 5.71 Å². The summed E-state index contributed by atoms with van der Waals surface area (Å²) in [7, 11) is 0. The van der Waals surface area contributed by atoms with Crippen molar-refractivity contribution < 1.29 is 33.1 Å². The van der Waals surface area contributed by atoms with E-state index in [9.17, 15) is 23.5 Å². The fraction of sp³-hybridized carbons (Fsp3) is 0.870. The van der Waals surface area contributed by atoms with Crippen molar-refractivity contribution in [2.75, 3.05) is 26.3 Å². The summed E-state index contributed by atoms with van der Waals surface area (Å²) in [6.07, 6.45) is 5.66. The topological polar surface area (TPSA) is 109 Å². The lowest BCUT2D eigenvalue weighted by Gasteiger charge is -2.41. The Labute approximate surface area is 191 Å². The second-order valence-corrected chi connectivity index (χ2v) is 10.7. The molecule has 2 unspecified atom stereocenters. The van der Waals surface area contributed by atoms with E-state index < -0.39 is 28.9 Å². The molecule has 0 radical (unpaired) electrons. The van der Waals surface area contributed by atoms with E-state index in [0.29, 0.717) is 32.6 Å². The number of carbonyl (C=O) groups is 2. The first-order chi connectivity index (χ1) is 15.7. The summed E-state index contributed by atoms with van der Waals surface area (Å²) in [5.41, 5.74) is -1.77. The van der Waals surface area contributed by atoms with Crippen molar-refractivity contribution in [1.29, 1.82) is 0 Å². The van der Waals surface area contributed by atoms with E-state index in [1.165, 1.54) is 0 Å². The summed E-state index contributed by atoms with van der Waals surface area (Å²) < 4.78 is 34.3. The molecule has 10 heteroatoms. The molecule has 2 heterocycles. The van der Waals surface area contributed by atoms with Gasteiger partial charge in [-0.3, -0.25) is 9.59 Å². The second-order valence-electron chi connectivity index (χ2n) is 10.7. The lowest BCUT2D eigenvalue weighted by molar-refractivity contribution is -0.216. The fourth-order valence-electron chi connectivity index (χ4n) is 6.05. The smallest absolute Gasteiger partial charge is 0.352 e. The zero-order valence-corrected chi connectivity index (χ0v) is 18.8. The number of aliphatic hydroxyl groups is 1. The molecule has 2 atom stereocenters. The van der Waals surface area contributed by atoms with E-state index in [2.05, 4.69) is 15.8 Å². The van der Waals surface area contributed by atoms with Gasteiger partial charge in [0, 0.05) is 44.1 Å². The van der Waals surface area contributed by atoms with Crippen molar-refractivity contribution in [2.45, 2.75) is 81.8 Å². The van der Waals surface area contributed by atoms with Crippen molar-refractivity contribution in [2.24, 2.45) is 21.9 Å². The Morgan fingerprint density at radius 3 is 2.33 bits per heavy atom. The number of halogens is 2. The molecule has 0 aromatic heterocycles. The van der Waals surface area contributed by atoms with E-state index >= 15 is 0 Å². The number of nitrogens with one attached hydrogen (secondary N) is 2. The Bertz CT molecular complexity index is 836. The third-order valence-electron chi connectivity index (χ3n) is 8.90. The molecule has 4 fully saturated rings. The van der Waals surface area contributed by atoms with Crippen LogP contribution >= 0.6 is 0 Å². The third kappa shape index (κ3) is 3.83. The minimum Gasteiger partial charge on any atom is -0.383 e. The Morgan fingerprint density at radius 2 is 1.76 bits per heavy atom. The van der Waals surface area contributed by atoms with Crippen LogP contribution in [0.15, 0.2) is 5.16 Å². The number of rotatable bonds is 8. The molecule has 0 bridgehead atoms. The highest BCUT2D eigenvalue weighted by molar-refractivity contribution is 5.94. The van der Waals surface area contributed by atoms with Crippen LogP contribution in [0.5, 0.6) is 0 Å². The number of carbonyl (C=O) groups excluding carboxylic acids is 2. The van der Waals surface area contributed by atoms with Crippen LogP contribution in [0, 0.1) is 16.7 Å². The minimum atomic E-state index is -3.81. The first kappa shape index (κ1) is 23.0. The van der Waals surface area contributed by atoms with Crippen molar-refractivity contribution in [3.63, 3.8) is 0 Å². The highest BCUT2D eigenvalue weighted by Gasteiger charge is 2.69. The number of amides is 2. The molecule has 0 aromatic rings. The molecule has 1 spiro atoms. The normalized spacial score (nSPS) is 32.2. The highest BCUT2D eigenvalue weighted by atomic mass is 19.3. The molecular formula is C23H33F2N3O5. The quantitative estimate of drug-likeness (QED) is 0.503. The molecule has 5 rings (SSSR count). The SMILES string of the molecule is O=C(NCC1(CNC(=O)C(F)(F)C2(O)CCC2)CC12CCC2)C1CC(C2CCOCC2)=NO1. The van der Waals surface area contributed by atoms with Gasteiger partial charge in [0.15, 0.2) is 0 Å². The number of ether oxygens (including phenoxy) is 1. The van der Waals surface area contributed by atoms with Gasteiger partial charge in [-0.2, -0.15) is 8.78 Å². The molecule has 2 aliphatic heterocycles. The molecule has 184 valence electrons. The Kier molecular flexibility index (Phi) is 5.67. The number of nitrogens with zero attached hydrogens (tertiary/aromatic N) is 1. The van der Waals surface area contributed by atoms with E-state index in [0.717, 1.165) is 44.2 Å². The van der Waals surface area contributed by atoms with Gasteiger partial charge in [0.2, 0.25) is 6.10 Å². The summed E-state index contributed by atoms with van der Waals surface area (Å²) in [5.74, 6) is -5.22. The molecule has 33 heavy (non-hydrogen) atoms. The Hall–Kier alpha value is -1.81. The van der Waals surface area contributed by atoms with Crippen molar-refractivity contribution in [3.05, 3.63) is 0 Å². The largest absolute Gasteiger partial charge is 0.383 e. The molecule has 1 saturated heterocycles. The van der Waals surface area contributed by atoms with Crippen LogP contribution in [0.25, 0.3) is 0 Å². The van der Waals surface area contributed by atoms with Gasteiger partial charge in [-0.05, 0) is 56.8 Å². The average Bonchev–Trinajstić information content (AvgIpc) is 3.20. The minimum absolute atomic E-state index is 0.00346. The van der Waals surface area contributed by atoms with Crippen LogP contribution in [-0.2, 0) is 19.2 Å². The van der Waals surface area contributed by atoms with Gasteiger partial charge in [-0.15, -0.1) is 0 Å². The Balaban J connectivity index is 1.14. The zero-order valence-electron chi connectivity index (χ0n) is 18.8.